The summed E-state index contributed by atoms with van der Waals surface area (Å²) in [5.74, 6) is 0.716. The summed E-state index contributed by atoms with van der Waals surface area (Å²) in [5, 5.41) is 16.2. The lowest BCUT2D eigenvalue weighted by molar-refractivity contribution is -0.132. The summed E-state index contributed by atoms with van der Waals surface area (Å²) in [6.45, 7) is 1.72. The lowest BCUT2D eigenvalue weighted by atomic mass is 9.98. The molecule has 1 atom stereocenters. The summed E-state index contributed by atoms with van der Waals surface area (Å²) in [6, 6.07) is 2.93. The van der Waals surface area contributed by atoms with Crippen LogP contribution in [0.2, 0.25) is 0 Å². The highest BCUT2D eigenvalue weighted by atomic mass is 32.1. The van der Waals surface area contributed by atoms with Crippen LogP contribution in [-0.2, 0) is 11.8 Å². The monoisotopic (exact) mass is 448 g/mol. The number of carbonyl (C=O) groups is 1. The molecule has 0 spiro atoms. The smallest absolute Gasteiger partial charge is 0.264 e. The molecular formula is C20H24N4O6S. The van der Waals surface area contributed by atoms with Crippen LogP contribution < -0.4 is 19.8 Å². The number of aromatic amines is 1. The second kappa shape index (κ2) is 8.80. The summed E-state index contributed by atoms with van der Waals surface area (Å²) < 4.78 is 17.6. The summed E-state index contributed by atoms with van der Waals surface area (Å²) >= 11 is 5.03. The number of rotatable bonds is 6. The number of benzene rings is 1. The Morgan fingerprint density at radius 1 is 1.26 bits per heavy atom. The molecule has 11 heteroatoms. The Morgan fingerprint density at radius 2 is 1.87 bits per heavy atom. The maximum atomic E-state index is 12.7. The summed E-state index contributed by atoms with van der Waals surface area (Å²) in [6.07, 6.45) is 0.400. The predicted molar refractivity (Wildman–Crippen MR) is 116 cm³/mol. The van der Waals surface area contributed by atoms with E-state index in [1.807, 2.05) is 0 Å². The minimum absolute atomic E-state index is 0.0278. The maximum Gasteiger partial charge on any atom is 0.264 e. The van der Waals surface area contributed by atoms with E-state index in [2.05, 4.69) is 10.1 Å². The Labute approximate surface area is 183 Å². The van der Waals surface area contributed by atoms with Crippen LogP contribution in [0, 0.1) is 4.77 Å². The number of hydrogen-bond donors (Lipinski definition) is 2. The molecule has 1 amide bonds. The third kappa shape index (κ3) is 3.88. The van der Waals surface area contributed by atoms with E-state index in [1.165, 1.54) is 38.0 Å². The van der Waals surface area contributed by atoms with E-state index in [0.29, 0.717) is 22.8 Å². The Bertz CT molecular complexity index is 1140. The third-order valence-corrected chi connectivity index (χ3v) is 5.50. The van der Waals surface area contributed by atoms with Gasteiger partial charge in [0.1, 0.15) is 5.56 Å². The van der Waals surface area contributed by atoms with E-state index in [0.717, 1.165) is 0 Å². The fourth-order valence-electron chi connectivity index (χ4n) is 3.48. The topological polar surface area (TPSA) is 118 Å². The number of hydrogen-bond acceptors (Lipinski definition) is 8. The van der Waals surface area contributed by atoms with Crippen LogP contribution in [0.1, 0.15) is 36.9 Å². The minimum atomic E-state index is -0.575. The van der Waals surface area contributed by atoms with Gasteiger partial charge >= 0.3 is 0 Å². The van der Waals surface area contributed by atoms with E-state index in [4.69, 9.17) is 26.4 Å². The van der Waals surface area contributed by atoms with Crippen molar-refractivity contribution in [3.05, 3.63) is 38.4 Å². The lowest BCUT2D eigenvalue weighted by Gasteiger charge is -2.23. The Balaban J connectivity index is 2.15. The highest BCUT2D eigenvalue weighted by molar-refractivity contribution is 7.71. The number of hydrazone groups is 1. The van der Waals surface area contributed by atoms with Gasteiger partial charge in [-0.1, -0.05) is 6.92 Å². The Kier molecular flexibility index (Phi) is 6.34. The van der Waals surface area contributed by atoms with Gasteiger partial charge in [-0.15, -0.1) is 0 Å². The van der Waals surface area contributed by atoms with Crippen molar-refractivity contribution in [1.82, 2.24) is 14.6 Å². The molecule has 2 N–H and O–H groups in total. The second-order valence-corrected chi connectivity index (χ2v) is 7.22. The summed E-state index contributed by atoms with van der Waals surface area (Å²) in [4.78, 5) is 27.7. The number of amides is 1. The zero-order chi connectivity index (χ0) is 22.9. The van der Waals surface area contributed by atoms with Crippen molar-refractivity contribution in [3.8, 4) is 23.1 Å². The SMILES string of the molecule is CCC(=O)N1N=C(c2c(O)n(C)c(=S)[nH]c2=O)C[C@H]1c1cc(OC)c(OC)c(OC)c1. The lowest BCUT2D eigenvalue weighted by Crippen LogP contribution is -2.26. The van der Waals surface area contributed by atoms with E-state index < -0.39 is 11.6 Å². The fraction of sp³-hybridized carbons (Fsp3) is 0.400. The first-order chi connectivity index (χ1) is 14.8. The van der Waals surface area contributed by atoms with Crippen molar-refractivity contribution in [2.24, 2.45) is 12.1 Å². The zero-order valence-electron chi connectivity index (χ0n) is 17.9. The van der Waals surface area contributed by atoms with Crippen LogP contribution in [0.3, 0.4) is 0 Å². The van der Waals surface area contributed by atoms with Gasteiger partial charge in [-0.2, -0.15) is 5.10 Å². The van der Waals surface area contributed by atoms with Crippen molar-refractivity contribution < 1.29 is 24.1 Å². The van der Waals surface area contributed by atoms with Gasteiger partial charge < -0.3 is 19.3 Å². The van der Waals surface area contributed by atoms with Gasteiger partial charge in [0.05, 0.1) is 33.1 Å². The second-order valence-electron chi connectivity index (χ2n) is 6.83. The first kappa shape index (κ1) is 22.3. The molecule has 1 aromatic carbocycles. The van der Waals surface area contributed by atoms with E-state index in [1.54, 1.807) is 19.1 Å². The molecule has 3 rings (SSSR count). The number of nitrogens with one attached hydrogen (secondary N) is 1. The summed E-state index contributed by atoms with van der Waals surface area (Å²) in [5.41, 5.74) is 0.342. The Morgan fingerprint density at radius 3 is 2.39 bits per heavy atom. The molecule has 31 heavy (non-hydrogen) atoms. The standard InChI is InChI=1S/C20H24N4O6S/c1-6-15(25)24-12(10-7-13(28-3)17(30-5)14(8-10)29-4)9-11(22-24)16-18(26)21-20(31)23(2)19(16)27/h7-8,12,27H,6,9H2,1-5H3,(H,21,26,31)/t12-/m0/s1. The molecule has 0 saturated heterocycles. The van der Waals surface area contributed by atoms with Crippen LogP contribution in [-0.4, -0.2) is 52.6 Å². The molecule has 2 heterocycles. The van der Waals surface area contributed by atoms with Gasteiger partial charge in [-0.05, 0) is 29.9 Å². The average Bonchev–Trinajstić information content (AvgIpc) is 3.20. The molecular weight excluding hydrogens is 424 g/mol. The third-order valence-electron chi connectivity index (χ3n) is 5.12. The highest BCUT2D eigenvalue weighted by Crippen LogP contribution is 2.43. The van der Waals surface area contributed by atoms with Crippen LogP contribution in [0.15, 0.2) is 22.0 Å². The van der Waals surface area contributed by atoms with Gasteiger partial charge in [-0.3, -0.25) is 19.1 Å². The highest BCUT2D eigenvalue weighted by Gasteiger charge is 2.36. The largest absolute Gasteiger partial charge is 0.494 e. The van der Waals surface area contributed by atoms with Gasteiger partial charge in [0.2, 0.25) is 17.5 Å². The normalized spacial score (nSPS) is 15.6. The molecule has 0 saturated carbocycles. The molecule has 2 aromatic rings. The van der Waals surface area contributed by atoms with E-state index >= 15 is 0 Å². The first-order valence-electron chi connectivity index (χ1n) is 9.49. The number of aromatic hydroxyl groups is 1. The zero-order valence-corrected chi connectivity index (χ0v) is 18.7. The van der Waals surface area contributed by atoms with E-state index in [9.17, 15) is 14.7 Å². The number of methoxy groups -OCH3 is 3. The number of H-pyrrole nitrogens is 1. The number of nitrogens with zero attached hydrogens (tertiary/aromatic N) is 3. The average molecular weight is 449 g/mol. The number of aromatic nitrogens is 2. The first-order valence-corrected chi connectivity index (χ1v) is 9.90. The van der Waals surface area contributed by atoms with Crippen molar-refractivity contribution >= 4 is 23.8 Å². The molecule has 1 aliphatic rings. The molecule has 1 aromatic heterocycles. The van der Waals surface area contributed by atoms with Crippen LogP contribution in [0.25, 0.3) is 0 Å². The quantitative estimate of drug-likeness (QED) is 0.651. The van der Waals surface area contributed by atoms with Gasteiger partial charge in [0.25, 0.3) is 5.56 Å². The summed E-state index contributed by atoms with van der Waals surface area (Å²) in [7, 11) is 6.03. The maximum absolute atomic E-state index is 12.7. The molecule has 0 radical (unpaired) electrons. The van der Waals surface area contributed by atoms with E-state index in [-0.39, 0.29) is 40.7 Å². The Hall–Kier alpha value is -3.34. The molecule has 0 fully saturated rings. The molecule has 0 unspecified atom stereocenters. The minimum Gasteiger partial charge on any atom is -0.494 e. The fourth-order valence-corrected chi connectivity index (χ4v) is 3.65. The molecule has 0 bridgehead atoms. The number of ether oxygens (including phenoxy) is 3. The van der Waals surface area contributed by atoms with Gasteiger partial charge in [0, 0.05) is 19.9 Å². The predicted octanol–water partition coefficient (Wildman–Crippen LogP) is 2.26. The van der Waals surface area contributed by atoms with Crippen LogP contribution in [0.5, 0.6) is 23.1 Å². The van der Waals surface area contributed by atoms with Crippen molar-refractivity contribution in [2.45, 2.75) is 25.8 Å². The molecule has 166 valence electrons. The van der Waals surface area contributed by atoms with Gasteiger partial charge in [-0.25, -0.2) is 5.01 Å². The molecule has 1 aliphatic heterocycles. The van der Waals surface area contributed by atoms with Gasteiger partial charge in [0.15, 0.2) is 16.3 Å². The van der Waals surface area contributed by atoms with Crippen molar-refractivity contribution in [1.29, 1.82) is 0 Å². The van der Waals surface area contributed by atoms with Crippen molar-refractivity contribution in [3.63, 3.8) is 0 Å². The van der Waals surface area contributed by atoms with Crippen molar-refractivity contribution in [2.75, 3.05) is 21.3 Å². The molecule has 0 aliphatic carbocycles. The molecule has 10 nitrogen and oxygen atoms in total. The van der Waals surface area contributed by atoms with Crippen LogP contribution in [0.4, 0.5) is 0 Å². The number of carbonyl (C=O) groups excluding carboxylic acids is 1. The van der Waals surface area contributed by atoms with Crippen LogP contribution >= 0.6 is 12.2 Å².